The van der Waals surface area contributed by atoms with Crippen LogP contribution in [0.2, 0.25) is 0 Å². The lowest BCUT2D eigenvalue weighted by atomic mass is 10.1. The summed E-state index contributed by atoms with van der Waals surface area (Å²) < 4.78 is 30.1. The van der Waals surface area contributed by atoms with Gasteiger partial charge in [0.1, 0.15) is 0 Å². The highest BCUT2D eigenvalue weighted by molar-refractivity contribution is 8.00. The SMILES string of the molecule is CCC(Sc1nnc2cc(C)c3cccc(C)c3n12)C(=O)Nc1ccc(S(=O)(=O)NCCc2ccccc2)cc1. The van der Waals surface area contributed by atoms with E-state index in [2.05, 4.69) is 46.2 Å². The van der Waals surface area contributed by atoms with Crippen molar-refractivity contribution < 1.29 is 13.2 Å². The molecule has 40 heavy (non-hydrogen) atoms. The van der Waals surface area contributed by atoms with Gasteiger partial charge >= 0.3 is 0 Å². The number of aryl methyl sites for hydroxylation is 2. The van der Waals surface area contributed by atoms with Crippen LogP contribution in [0, 0.1) is 13.8 Å². The number of thioether (sulfide) groups is 1. The average molecular weight is 574 g/mol. The maximum atomic E-state index is 13.2. The molecule has 0 aliphatic carbocycles. The monoisotopic (exact) mass is 573 g/mol. The molecule has 1 unspecified atom stereocenters. The zero-order valence-corrected chi connectivity index (χ0v) is 24.2. The molecule has 0 saturated heterocycles. The van der Waals surface area contributed by atoms with Gasteiger partial charge in [-0.25, -0.2) is 13.1 Å². The van der Waals surface area contributed by atoms with E-state index in [0.717, 1.165) is 33.2 Å². The first-order valence-electron chi connectivity index (χ1n) is 13.1. The molecule has 0 aliphatic rings. The van der Waals surface area contributed by atoms with Crippen molar-refractivity contribution in [2.45, 2.75) is 48.9 Å². The van der Waals surface area contributed by atoms with Gasteiger partial charge in [0.05, 0.1) is 15.7 Å². The van der Waals surface area contributed by atoms with Crippen LogP contribution in [0.15, 0.2) is 88.9 Å². The first-order valence-corrected chi connectivity index (χ1v) is 15.5. The number of hydrogen-bond donors (Lipinski definition) is 2. The zero-order valence-electron chi connectivity index (χ0n) is 22.6. The zero-order chi connectivity index (χ0) is 28.3. The summed E-state index contributed by atoms with van der Waals surface area (Å²) in [5.74, 6) is -0.186. The van der Waals surface area contributed by atoms with E-state index >= 15 is 0 Å². The van der Waals surface area contributed by atoms with Crippen molar-refractivity contribution in [1.29, 1.82) is 0 Å². The highest BCUT2D eigenvalue weighted by Crippen LogP contribution is 2.31. The van der Waals surface area contributed by atoms with E-state index < -0.39 is 15.3 Å². The molecular weight excluding hydrogens is 542 g/mol. The number of pyridine rings is 1. The minimum atomic E-state index is -3.66. The van der Waals surface area contributed by atoms with Crippen molar-refractivity contribution in [3.63, 3.8) is 0 Å². The standard InChI is InChI=1S/C30H31N5O3S2/c1-4-26(39-30-34-33-27-19-21(3)25-12-8-9-20(2)28(25)35(27)30)29(36)32-23-13-15-24(16-14-23)40(37,38)31-18-17-22-10-6-5-7-11-22/h5-16,19,26,31H,4,17-18H2,1-3H3,(H,32,36). The van der Waals surface area contributed by atoms with Crippen LogP contribution in [0.1, 0.15) is 30.0 Å². The van der Waals surface area contributed by atoms with Crippen LogP contribution in [0.4, 0.5) is 5.69 Å². The van der Waals surface area contributed by atoms with Gasteiger partial charge in [-0.1, -0.05) is 67.2 Å². The van der Waals surface area contributed by atoms with Gasteiger partial charge in [-0.15, -0.1) is 10.2 Å². The number of amides is 1. The van der Waals surface area contributed by atoms with E-state index in [0.29, 0.717) is 30.2 Å². The fourth-order valence-electron chi connectivity index (χ4n) is 4.65. The van der Waals surface area contributed by atoms with Crippen molar-refractivity contribution in [3.05, 3.63) is 95.6 Å². The summed E-state index contributed by atoms with van der Waals surface area (Å²) in [7, 11) is -3.66. The number of benzene rings is 3. The highest BCUT2D eigenvalue weighted by Gasteiger charge is 2.23. The number of hydrogen-bond acceptors (Lipinski definition) is 6. The van der Waals surface area contributed by atoms with E-state index in [9.17, 15) is 13.2 Å². The van der Waals surface area contributed by atoms with Gasteiger partial charge in [0.25, 0.3) is 0 Å². The lowest BCUT2D eigenvalue weighted by Gasteiger charge is -2.15. The van der Waals surface area contributed by atoms with Gasteiger partial charge < -0.3 is 5.32 Å². The molecule has 1 amide bonds. The molecule has 1 atom stereocenters. The second-order valence-corrected chi connectivity index (χ2v) is 12.6. The number of sulfonamides is 1. The molecule has 2 N–H and O–H groups in total. The second-order valence-electron chi connectivity index (χ2n) is 9.64. The molecular formula is C30H31N5O3S2. The Kier molecular flexibility index (Phi) is 8.20. The molecule has 2 aromatic heterocycles. The smallest absolute Gasteiger partial charge is 0.240 e. The van der Waals surface area contributed by atoms with Crippen LogP contribution in [0.3, 0.4) is 0 Å². The minimum absolute atomic E-state index is 0.146. The van der Waals surface area contributed by atoms with E-state index in [-0.39, 0.29) is 10.8 Å². The van der Waals surface area contributed by atoms with E-state index in [1.165, 1.54) is 23.9 Å². The van der Waals surface area contributed by atoms with Crippen LogP contribution in [0.25, 0.3) is 16.6 Å². The first-order chi connectivity index (χ1) is 19.3. The Morgan fingerprint density at radius 2 is 1.70 bits per heavy atom. The third kappa shape index (κ3) is 5.89. The molecule has 2 heterocycles. The molecule has 5 rings (SSSR count). The Hall–Kier alpha value is -3.73. The van der Waals surface area contributed by atoms with Crippen molar-refractivity contribution in [3.8, 4) is 0 Å². The summed E-state index contributed by atoms with van der Waals surface area (Å²) in [5.41, 5.74) is 5.59. The van der Waals surface area contributed by atoms with Crippen molar-refractivity contribution in [1.82, 2.24) is 19.3 Å². The van der Waals surface area contributed by atoms with Crippen molar-refractivity contribution in [2.24, 2.45) is 0 Å². The van der Waals surface area contributed by atoms with Gasteiger partial charge in [0.15, 0.2) is 10.8 Å². The van der Waals surface area contributed by atoms with E-state index in [4.69, 9.17) is 0 Å². The number of aromatic nitrogens is 3. The number of carbonyl (C=O) groups is 1. The lowest BCUT2D eigenvalue weighted by Crippen LogP contribution is -2.26. The number of carbonyl (C=O) groups excluding carboxylic acids is 1. The first kappa shape index (κ1) is 27.8. The maximum Gasteiger partial charge on any atom is 0.240 e. The topological polar surface area (TPSA) is 105 Å². The fraction of sp³-hybridized carbons (Fsp3) is 0.233. The molecule has 0 bridgehead atoms. The van der Waals surface area contributed by atoms with Crippen molar-refractivity contribution in [2.75, 3.05) is 11.9 Å². The summed E-state index contributed by atoms with van der Waals surface area (Å²) in [6.45, 7) is 6.36. The summed E-state index contributed by atoms with van der Waals surface area (Å²) in [4.78, 5) is 13.4. The molecule has 8 nitrogen and oxygen atoms in total. The normalized spacial score (nSPS) is 12.6. The lowest BCUT2D eigenvalue weighted by molar-refractivity contribution is -0.115. The number of para-hydroxylation sites is 1. The van der Waals surface area contributed by atoms with Crippen LogP contribution < -0.4 is 10.0 Å². The highest BCUT2D eigenvalue weighted by atomic mass is 32.2. The predicted octanol–water partition coefficient (Wildman–Crippen LogP) is 5.53. The Labute approximate surface area is 238 Å². The molecule has 0 fully saturated rings. The molecule has 3 aromatic carbocycles. The van der Waals surface area contributed by atoms with Gasteiger partial charge in [-0.2, -0.15) is 0 Å². The van der Waals surface area contributed by atoms with Crippen LogP contribution in [-0.4, -0.2) is 40.7 Å². The quantitative estimate of drug-likeness (QED) is 0.213. The largest absolute Gasteiger partial charge is 0.325 e. The number of nitrogens with one attached hydrogen (secondary N) is 2. The van der Waals surface area contributed by atoms with Gasteiger partial charge in [0, 0.05) is 17.6 Å². The fourth-order valence-corrected chi connectivity index (χ4v) is 6.65. The summed E-state index contributed by atoms with van der Waals surface area (Å²) in [6, 6.07) is 24.1. The van der Waals surface area contributed by atoms with Gasteiger partial charge in [-0.05, 0) is 73.7 Å². The Bertz CT molecular complexity index is 1770. The summed E-state index contributed by atoms with van der Waals surface area (Å²) in [6.07, 6.45) is 1.17. The Morgan fingerprint density at radius 3 is 2.42 bits per heavy atom. The molecule has 0 radical (unpaired) electrons. The third-order valence-corrected chi connectivity index (χ3v) is 9.57. The number of fused-ring (bicyclic) bond motifs is 3. The minimum Gasteiger partial charge on any atom is -0.325 e. The van der Waals surface area contributed by atoms with E-state index in [1.807, 2.05) is 53.8 Å². The predicted molar refractivity (Wildman–Crippen MR) is 160 cm³/mol. The van der Waals surface area contributed by atoms with Gasteiger partial charge in [-0.3, -0.25) is 9.20 Å². The molecule has 0 aliphatic heterocycles. The number of rotatable bonds is 10. The Morgan fingerprint density at radius 1 is 0.950 bits per heavy atom. The summed E-state index contributed by atoms with van der Waals surface area (Å²) in [5, 5.41) is 13.1. The third-order valence-electron chi connectivity index (χ3n) is 6.78. The van der Waals surface area contributed by atoms with Crippen molar-refractivity contribution >= 4 is 49.9 Å². The van der Waals surface area contributed by atoms with E-state index in [1.54, 1.807) is 12.1 Å². The van der Waals surface area contributed by atoms with Crippen LogP contribution in [0.5, 0.6) is 0 Å². The van der Waals surface area contributed by atoms with Crippen LogP contribution >= 0.6 is 11.8 Å². The van der Waals surface area contributed by atoms with Gasteiger partial charge in [0.2, 0.25) is 15.9 Å². The second kappa shape index (κ2) is 11.8. The molecule has 206 valence electrons. The molecule has 0 saturated carbocycles. The average Bonchev–Trinajstić information content (AvgIpc) is 3.34. The molecule has 10 heteroatoms. The Balaban J connectivity index is 1.27. The van der Waals surface area contributed by atoms with Crippen LogP contribution in [-0.2, 0) is 21.2 Å². The molecule has 5 aromatic rings. The number of nitrogens with zero attached hydrogens (tertiary/aromatic N) is 3. The maximum absolute atomic E-state index is 13.2. The molecule has 0 spiro atoms. The number of anilines is 1. The summed E-state index contributed by atoms with van der Waals surface area (Å²) >= 11 is 1.37.